The highest BCUT2D eigenvalue weighted by atomic mass is 79.9. The summed E-state index contributed by atoms with van der Waals surface area (Å²) in [4.78, 5) is 0. The Morgan fingerprint density at radius 1 is 1.35 bits per heavy atom. The van der Waals surface area contributed by atoms with Crippen LogP contribution in [0.2, 0.25) is 5.02 Å². The molecule has 1 atom stereocenters. The summed E-state index contributed by atoms with van der Waals surface area (Å²) in [6, 6.07) is 7.46. The molecule has 5 heteroatoms. The third-order valence-corrected chi connectivity index (χ3v) is 4.59. The number of halogens is 3. The van der Waals surface area contributed by atoms with Gasteiger partial charge in [-0.15, -0.1) is 22.9 Å². The molecule has 1 nitrogen and oxygen atoms in total. The van der Waals surface area contributed by atoms with Gasteiger partial charge in [0.15, 0.2) is 0 Å². The number of rotatable bonds is 3. The monoisotopic (exact) mass is 350 g/mol. The normalized spacial score (nSPS) is 12.5. The minimum absolute atomic E-state index is 0.258. The molecule has 2 aromatic rings. The maximum atomic E-state index is 6.45. The molecule has 17 heavy (non-hydrogen) atoms. The molecule has 0 amide bonds. The Morgan fingerprint density at radius 3 is 2.71 bits per heavy atom. The van der Waals surface area contributed by atoms with E-state index in [4.69, 9.17) is 27.9 Å². The molecule has 1 aromatic carbocycles. The van der Waals surface area contributed by atoms with Gasteiger partial charge in [-0.3, -0.25) is 0 Å². The van der Waals surface area contributed by atoms with E-state index in [0.717, 1.165) is 20.7 Å². The quantitative estimate of drug-likeness (QED) is 0.663. The minimum atomic E-state index is -0.258. The number of ether oxygens (including phenoxy) is 1. The number of benzene rings is 1. The third-order valence-electron chi connectivity index (χ3n) is 2.35. The Labute approximate surface area is 122 Å². The van der Waals surface area contributed by atoms with Crippen LogP contribution < -0.4 is 4.74 Å². The predicted octanol–water partition coefficient (Wildman–Crippen LogP) is 5.50. The molecule has 0 bridgehead atoms. The molecule has 0 aliphatic carbocycles. The van der Waals surface area contributed by atoms with E-state index >= 15 is 0 Å². The largest absolute Gasteiger partial charge is 0.496 e. The second kappa shape index (κ2) is 5.61. The summed E-state index contributed by atoms with van der Waals surface area (Å²) in [6.07, 6.45) is 0. The fourth-order valence-corrected chi connectivity index (χ4v) is 3.29. The van der Waals surface area contributed by atoms with E-state index in [9.17, 15) is 0 Å². The van der Waals surface area contributed by atoms with Gasteiger partial charge in [0.25, 0.3) is 0 Å². The van der Waals surface area contributed by atoms with Crippen LogP contribution in [-0.4, -0.2) is 7.11 Å². The third kappa shape index (κ3) is 2.97. The highest BCUT2D eigenvalue weighted by Crippen LogP contribution is 2.39. The molecule has 0 radical (unpaired) electrons. The van der Waals surface area contributed by atoms with Crippen molar-refractivity contribution >= 4 is 50.5 Å². The van der Waals surface area contributed by atoms with Crippen LogP contribution in [0.1, 0.15) is 16.5 Å². The summed E-state index contributed by atoms with van der Waals surface area (Å²) in [5, 5.41) is 2.41. The van der Waals surface area contributed by atoms with Gasteiger partial charge in [0.05, 0.1) is 16.3 Å². The Hall–Kier alpha value is -0.220. The van der Waals surface area contributed by atoms with E-state index in [1.165, 1.54) is 0 Å². The molecular formula is C12H9BrCl2OS. The zero-order valence-electron chi connectivity index (χ0n) is 8.91. The molecule has 1 aromatic heterocycles. The van der Waals surface area contributed by atoms with Crippen molar-refractivity contribution in [2.75, 3.05) is 7.11 Å². The molecule has 90 valence electrons. The highest BCUT2D eigenvalue weighted by Gasteiger charge is 2.17. The van der Waals surface area contributed by atoms with Gasteiger partial charge in [-0.1, -0.05) is 11.6 Å². The Morgan fingerprint density at radius 2 is 2.12 bits per heavy atom. The van der Waals surface area contributed by atoms with Crippen molar-refractivity contribution in [3.8, 4) is 5.75 Å². The first-order chi connectivity index (χ1) is 8.11. The van der Waals surface area contributed by atoms with Gasteiger partial charge in [-0.25, -0.2) is 0 Å². The Balaban J connectivity index is 2.42. The number of methoxy groups -OCH3 is 1. The van der Waals surface area contributed by atoms with Crippen molar-refractivity contribution in [2.24, 2.45) is 0 Å². The van der Waals surface area contributed by atoms with Gasteiger partial charge in [-0.2, -0.15) is 0 Å². The molecule has 0 spiro atoms. The predicted molar refractivity (Wildman–Crippen MR) is 77.7 cm³/mol. The molecule has 0 aliphatic heterocycles. The van der Waals surface area contributed by atoms with E-state index in [1.54, 1.807) is 24.5 Å². The van der Waals surface area contributed by atoms with Crippen LogP contribution in [0.25, 0.3) is 0 Å². The molecule has 0 N–H and O–H groups in total. The average Bonchev–Trinajstić information content (AvgIpc) is 2.75. The number of alkyl halides is 1. The van der Waals surface area contributed by atoms with Crippen molar-refractivity contribution < 1.29 is 4.74 Å². The molecule has 0 fully saturated rings. The zero-order chi connectivity index (χ0) is 12.4. The van der Waals surface area contributed by atoms with E-state index < -0.39 is 0 Å². The van der Waals surface area contributed by atoms with Crippen LogP contribution >= 0.6 is 50.5 Å². The van der Waals surface area contributed by atoms with Gasteiger partial charge in [0.2, 0.25) is 0 Å². The highest BCUT2D eigenvalue weighted by molar-refractivity contribution is 9.11. The standard InChI is InChI=1S/C12H9BrCl2OS/c1-16-10-3-2-8(14)5-9(10)12(15)7-4-11(13)17-6-7/h2-6,12H,1H3. The first-order valence-electron chi connectivity index (χ1n) is 4.83. The van der Waals surface area contributed by atoms with Crippen molar-refractivity contribution in [1.29, 1.82) is 0 Å². The first kappa shape index (κ1) is 13.2. The van der Waals surface area contributed by atoms with Crippen LogP contribution in [0, 0.1) is 0 Å². The summed E-state index contributed by atoms with van der Waals surface area (Å²) >= 11 is 17.5. The van der Waals surface area contributed by atoms with Crippen LogP contribution in [-0.2, 0) is 0 Å². The van der Waals surface area contributed by atoms with Crippen molar-refractivity contribution in [2.45, 2.75) is 5.38 Å². The fraction of sp³-hybridized carbons (Fsp3) is 0.167. The van der Waals surface area contributed by atoms with Crippen molar-refractivity contribution in [1.82, 2.24) is 0 Å². The van der Waals surface area contributed by atoms with Gasteiger partial charge in [0.1, 0.15) is 5.75 Å². The maximum absolute atomic E-state index is 6.45. The van der Waals surface area contributed by atoms with Gasteiger partial charge in [0, 0.05) is 10.6 Å². The van der Waals surface area contributed by atoms with Gasteiger partial charge in [-0.05, 0) is 51.1 Å². The van der Waals surface area contributed by atoms with E-state index in [0.29, 0.717) is 5.02 Å². The topological polar surface area (TPSA) is 9.23 Å². The lowest BCUT2D eigenvalue weighted by Crippen LogP contribution is -1.96. The minimum Gasteiger partial charge on any atom is -0.496 e. The van der Waals surface area contributed by atoms with Crippen LogP contribution in [0.3, 0.4) is 0 Å². The zero-order valence-corrected chi connectivity index (χ0v) is 12.8. The maximum Gasteiger partial charge on any atom is 0.123 e. The smallest absolute Gasteiger partial charge is 0.123 e. The molecule has 1 heterocycles. The van der Waals surface area contributed by atoms with Gasteiger partial charge < -0.3 is 4.74 Å². The van der Waals surface area contributed by atoms with Crippen LogP contribution in [0.5, 0.6) is 5.75 Å². The van der Waals surface area contributed by atoms with Crippen LogP contribution in [0.15, 0.2) is 33.4 Å². The lowest BCUT2D eigenvalue weighted by molar-refractivity contribution is 0.410. The van der Waals surface area contributed by atoms with E-state index in [-0.39, 0.29) is 5.38 Å². The molecule has 0 saturated carbocycles. The SMILES string of the molecule is COc1ccc(Cl)cc1C(Cl)c1csc(Br)c1. The lowest BCUT2D eigenvalue weighted by atomic mass is 10.1. The van der Waals surface area contributed by atoms with Crippen molar-refractivity contribution in [3.63, 3.8) is 0 Å². The lowest BCUT2D eigenvalue weighted by Gasteiger charge is -2.13. The number of thiophene rings is 1. The molecular weight excluding hydrogens is 343 g/mol. The first-order valence-corrected chi connectivity index (χ1v) is 7.32. The molecule has 0 saturated heterocycles. The molecule has 2 rings (SSSR count). The van der Waals surface area contributed by atoms with Crippen molar-refractivity contribution in [3.05, 3.63) is 49.6 Å². The second-order valence-electron chi connectivity index (χ2n) is 3.43. The Bertz CT molecular complexity index is 527. The molecule has 1 unspecified atom stereocenters. The summed E-state index contributed by atoms with van der Waals surface area (Å²) in [5.41, 5.74) is 1.91. The van der Waals surface area contributed by atoms with Gasteiger partial charge >= 0.3 is 0 Å². The van der Waals surface area contributed by atoms with Crippen LogP contribution in [0.4, 0.5) is 0 Å². The summed E-state index contributed by atoms with van der Waals surface area (Å²) < 4.78 is 6.35. The van der Waals surface area contributed by atoms with E-state index in [2.05, 4.69) is 15.9 Å². The summed E-state index contributed by atoms with van der Waals surface area (Å²) in [7, 11) is 1.62. The fourth-order valence-electron chi connectivity index (χ4n) is 1.54. The number of hydrogen-bond donors (Lipinski definition) is 0. The van der Waals surface area contributed by atoms with E-state index in [1.807, 2.05) is 23.6 Å². The summed E-state index contributed by atoms with van der Waals surface area (Å²) in [5.74, 6) is 0.747. The number of hydrogen-bond acceptors (Lipinski definition) is 2. The second-order valence-corrected chi connectivity index (χ2v) is 6.60. The summed E-state index contributed by atoms with van der Waals surface area (Å²) in [6.45, 7) is 0. The Kier molecular flexibility index (Phi) is 4.36. The molecule has 0 aliphatic rings. The average molecular weight is 352 g/mol.